The monoisotopic (exact) mass is 377 g/mol. The largest absolute Gasteiger partial charge is 0.545 e. The second-order valence-electron chi connectivity index (χ2n) is 5.25. The SMILES string of the molecule is Cc1ccc(N(CCC#N)S(=O)(=O)c2ccc(Cl)c(C(=O)[O-])c2)cc1. The topological polar surface area (TPSA) is 101 Å². The third kappa shape index (κ3) is 4.10. The molecule has 0 saturated heterocycles. The summed E-state index contributed by atoms with van der Waals surface area (Å²) in [6.07, 6.45) is -0.0198. The van der Waals surface area contributed by atoms with Gasteiger partial charge < -0.3 is 9.90 Å². The van der Waals surface area contributed by atoms with E-state index in [-0.39, 0.29) is 22.9 Å². The zero-order valence-corrected chi connectivity index (χ0v) is 14.8. The molecule has 0 aromatic heterocycles. The molecule has 2 rings (SSSR count). The third-order valence-electron chi connectivity index (χ3n) is 3.49. The number of halogens is 1. The Morgan fingerprint density at radius 1 is 1.24 bits per heavy atom. The van der Waals surface area contributed by atoms with Crippen LogP contribution in [0.15, 0.2) is 47.4 Å². The van der Waals surface area contributed by atoms with Crippen LogP contribution in [-0.2, 0) is 10.0 Å². The molecule has 0 aliphatic rings. The zero-order valence-electron chi connectivity index (χ0n) is 13.3. The number of aromatic carboxylic acids is 1. The van der Waals surface area contributed by atoms with Crippen molar-refractivity contribution >= 4 is 33.3 Å². The maximum absolute atomic E-state index is 13.0. The Hall–Kier alpha value is -2.56. The normalized spacial score (nSPS) is 10.9. The molecule has 0 fully saturated rings. The van der Waals surface area contributed by atoms with Gasteiger partial charge in [-0.2, -0.15) is 5.26 Å². The number of nitriles is 1. The summed E-state index contributed by atoms with van der Waals surface area (Å²) in [4.78, 5) is 10.9. The number of carbonyl (C=O) groups excluding carboxylic acids is 1. The molecule has 0 N–H and O–H groups in total. The highest BCUT2D eigenvalue weighted by Crippen LogP contribution is 2.27. The lowest BCUT2D eigenvalue weighted by Gasteiger charge is -2.24. The van der Waals surface area contributed by atoms with Crippen molar-refractivity contribution in [2.24, 2.45) is 0 Å². The van der Waals surface area contributed by atoms with Crippen LogP contribution in [0.4, 0.5) is 5.69 Å². The second-order valence-corrected chi connectivity index (χ2v) is 7.52. The van der Waals surface area contributed by atoms with E-state index in [4.69, 9.17) is 16.9 Å². The number of sulfonamides is 1. The van der Waals surface area contributed by atoms with E-state index in [9.17, 15) is 18.3 Å². The molecular weight excluding hydrogens is 364 g/mol. The van der Waals surface area contributed by atoms with Crippen LogP contribution in [0.2, 0.25) is 5.02 Å². The summed E-state index contributed by atoms with van der Waals surface area (Å²) in [5, 5.41) is 19.8. The molecule has 2 aromatic rings. The van der Waals surface area contributed by atoms with Gasteiger partial charge in [-0.3, -0.25) is 4.31 Å². The molecular formula is C17H14ClN2O4S-. The summed E-state index contributed by atoms with van der Waals surface area (Å²) in [6.45, 7) is 1.80. The molecule has 0 atom stereocenters. The van der Waals surface area contributed by atoms with Crippen LogP contribution < -0.4 is 9.41 Å². The number of carboxylic acids is 1. The number of anilines is 1. The van der Waals surface area contributed by atoms with E-state index in [1.165, 1.54) is 12.1 Å². The number of benzene rings is 2. The molecule has 8 heteroatoms. The van der Waals surface area contributed by atoms with Crippen molar-refractivity contribution in [3.05, 3.63) is 58.6 Å². The summed E-state index contributed by atoms with van der Waals surface area (Å²) in [7, 11) is -4.08. The van der Waals surface area contributed by atoms with E-state index in [1.807, 2.05) is 13.0 Å². The van der Waals surface area contributed by atoms with Crippen molar-refractivity contribution < 1.29 is 18.3 Å². The predicted molar refractivity (Wildman–Crippen MR) is 91.7 cm³/mol. The molecule has 0 heterocycles. The quantitative estimate of drug-likeness (QED) is 0.767. The molecule has 25 heavy (non-hydrogen) atoms. The van der Waals surface area contributed by atoms with Crippen molar-refractivity contribution in [3.63, 3.8) is 0 Å². The number of rotatable bonds is 6. The maximum atomic E-state index is 13.0. The molecule has 0 aliphatic carbocycles. The summed E-state index contributed by atoms with van der Waals surface area (Å²) in [5.41, 5.74) is 0.921. The lowest BCUT2D eigenvalue weighted by atomic mass is 10.2. The molecule has 0 spiro atoms. The fraction of sp³-hybridized carbons (Fsp3) is 0.176. The number of nitrogens with zero attached hydrogens (tertiary/aromatic N) is 2. The van der Waals surface area contributed by atoms with Crippen molar-refractivity contribution in [2.75, 3.05) is 10.8 Å². The minimum Gasteiger partial charge on any atom is -0.545 e. The third-order valence-corrected chi connectivity index (χ3v) is 5.65. The second kappa shape index (κ2) is 7.55. The average Bonchev–Trinajstić information content (AvgIpc) is 2.56. The Kier molecular flexibility index (Phi) is 5.67. The first-order valence-corrected chi connectivity index (χ1v) is 9.06. The van der Waals surface area contributed by atoms with E-state index < -0.39 is 21.6 Å². The lowest BCUT2D eigenvalue weighted by Crippen LogP contribution is -2.32. The Labute approximate surface area is 150 Å². The van der Waals surface area contributed by atoms with Gasteiger partial charge in [0.1, 0.15) is 0 Å². The number of carbonyl (C=O) groups is 1. The van der Waals surface area contributed by atoms with Crippen molar-refractivity contribution in [1.29, 1.82) is 5.26 Å². The van der Waals surface area contributed by atoms with Crippen molar-refractivity contribution in [1.82, 2.24) is 0 Å². The summed E-state index contributed by atoms with van der Waals surface area (Å²) >= 11 is 5.77. The van der Waals surface area contributed by atoms with Crippen LogP contribution in [0.5, 0.6) is 0 Å². The van der Waals surface area contributed by atoms with Gasteiger partial charge in [-0.15, -0.1) is 0 Å². The predicted octanol–water partition coefficient (Wildman–Crippen LogP) is 2.12. The van der Waals surface area contributed by atoms with Gasteiger partial charge in [0.15, 0.2) is 0 Å². The van der Waals surface area contributed by atoms with Crippen LogP contribution in [0.1, 0.15) is 22.3 Å². The minimum atomic E-state index is -4.08. The van der Waals surface area contributed by atoms with Gasteiger partial charge in [0, 0.05) is 17.1 Å². The molecule has 0 radical (unpaired) electrons. The number of aryl methyl sites for hydroxylation is 1. The van der Waals surface area contributed by atoms with Gasteiger partial charge in [0.05, 0.1) is 29.0 Å². The first kappa shape index (κ1) is 18.8. The van der Waals surface area contributed by atoms with E-state index >= 15 is 0 Å². The smallest absolute Gasteiger partial charge is 0.264 e. The van der Waals surface area contributed by atoms with E-state index in [2.05, 4.69) is 0 Å². The van der Waals surface area contributed by atoms with Gasteiger partial charge in [-0.25, -0.2) is 8.42 Å². The number of hydrogen-bond acceptors (Lipinski definition) is 5. The van der Waals surface area contributed by atoms with Gasteiger partial charge >= 0.3 is 0 Å². The number of carboxylic acid groups (broad SMARTS) is 1. The van der Waals surface area contributed by atoms with Crippen LogP contribution in [-0.4, -0.2) is 20.9 Å². The standard InChI is InChI=1S/C17H15ClN2O4S/c1-12-3-5-13(6-4-12)20(10-2-9-19)25(23,24)14-7-8-16(18)15(11-14)17(21)22/h3-8,11H,2,10H2,1H3,(H,21,22)/p-1. The Balaban J connectivity index is 2.55. The number of hydrogen-bond donors (Lipinski definition) is 0. The highest BCUT2D eigenvalue weighted by atomic mass is 35.5. The molecule has 0 bridgehead atoms. The Morgan fingerprint density at radius 2 is 1.88 bits per heavy atom. The molecule has 0 unspecified atom stereocenters. The molecule has 0 saturated carbocycles. The van der Waals surface area contributed by atoms with E-state index in [0.717, 1.165) is 15.9 Å². The fourth-order valence-electron chi connectivity index (χ4n) is 2.20. The zero-order chi connectivity index (χ0) is 18.6. The maximum Gasteiger partial charge on any atom is 0.264 e. The van der Waals surface area contributed by atoms with Crippen LogP contribution in [0.3, 0.4) is 0 Å². The molecule has 2 aromatic carbocycles. The average molecular weight is 378 g/mol. The van der Waals surface area contributed by atoms with Gasteiger partial charge in [0.2, 0.25) is 0 Å². The van der Waals surface area contributed by atoms with Gasteiger partial charge in [0.25, 0.3) is 10.0 Å². The molecule has 0 aliphatic heterocycles. The summed E-state index contributed by atoms with van der Waals surface area (Å²) in [5.74, 6) is -1.57. The van der Waals surface area contributed by atoms with Crippen LogP contribution in [0, 0.1) is 18.3 Å². The van der Waals surface area contributed by atoms with Crippen molar-refractivity contribution in [2.45, 2.75) is 18.2 Å². The summed E-state index contributed by atoms with van der Waals surface area (Å²) < 4.78 is 27.0. The molecule has 6 nitrogen and oxygen atoms in total. The van der Waals surface area contributed by atoms with Gasteiger partial charge in [-0.1, -0.05) is 29.3 Å². The minimum absolute atomic E-state index is 0.0198. The first-order chi connectivity index (χ1) is 11.8. The molecule has 0 amide bonds. The van der Waals surface area contributed by atoms with E-state index in [1.54, 1.807) is 24.3 Å². The highest BCUT2D eigenvalue weighted by Gasteiger charge is 2.25. The Morgan fingerprint density at radius 3 is 2.44 bits per heavy atom. The van der Waals surface area contributed by atoms with Crippen molar-refractivity contribution in [3.8, 4) is 6.07 Å². The highest BCUT2D eigenvalue weighted by molar-refractivity contribution is 7.92. The summed E-state index contributed by atoms with van der Waals surface area (Å²) in [6, 6.07) is 12.0. The van der Waals surface area contributed by atoms with Gasteiger partial charge in [-0.05, 0) is 37.3 Å². The lowest BCUT2D eigenvalue weighted by molar-refractivity contribution is -0.255. The van der Waals surface area contributed by atoms with Crippen LogP contribution in [0.25, 0.3) is 0 Å². The molecule has 130 valence electrons. The fourth-order valence-corrected chi connectivity index (χ4v) is 3.89. The van der Waals surface area contributed by atoms with Crippen LogP contribution >= 0.6 is 11.6 Å². The Bertz CT molecular complexity index is 934. The first-order valence-electron chi connectivity index (χ1n) is 7.24. The van der Waals surface area contributed by atoms with E-state index in [0.29, 0.717) is 5.69 Å².